The Morgan fingerprint density at radius 2 is 1.76 bits per heavy atom. The van der Waals surface area contributed by atoms with E-state index in [1.54, 1.807) is 12.4 Å². The Hall–Kier alpha value is -3.54. The van der Waals surface area contributed by atoms with Gasteiger partial charge in [0.25, 0.3) is 5.91 Å². The van der Waals surface area contributed by atoms with Crippen LogP contribution in [0.25, 0.3) is 22.3 Å². The molecule has 1 N–H and O–H groups in total. The average Bonchev–Trinajstić information content (AvgIpc) is 3.25. The Balaban J connectivity index is 0.00000104. The van der Waals surface area contributed by atoms with Crippen LogP contribution in [-0.2, 0) is 0 Å². The average molecular weight is 390 g/mol. The molecule has 0 radical (unpaired) electrons. The van der Waals surface area contributed by atoms with E-state index in [2.05, 4.69) is 34.3 Å². The number of benzene rings is 2. The maximum atomic E-state index is 12.6. The van der Waals surface area contributed by atoms with Gasteiger partial charge in [0, 0.05) is 13.0 Å². The number of rotatable bonds is 4. The summed E-state index contributed by atoms with van der Waals surface area (Å²) in [5, 5.41) is 13.1. The lowest BCUT2D eigenvalue weighted by molar-refractivity contribution is 0.102. The van der Waals surface area contributed by atoms with E-state index in [9.17, 15) is 4.79 Å². The highest BCUT2D eigenvalue weighted by molar-refractivity contribution is 6.06. The van der Waals surface area contributed by atoms with Gasteiger partial charge in [-0.2, -0.15) is 0 Å². The van der Waals surface area contributed by atoms with Gasteiger partial charge in [-0.3, -0.25) is 4.79 Å². The minimum absolute atomic E-state index is 0. The van der Waals surface area contributed by atoms with E-state index < -0.39 is 0 Å². The standard InChI is InChI=1S/C21H19N5O.C2H6.H2/c1-14(2)26-13-22-25-20(26)18-8-5-9-19(23-18)24-21(27)17-11-10-15-6-3-4-7-16(15)12-17;1-2;/h3-14H,1-2H3,(H,23,24,27);1-2H3;1H. The molecule has 4 rings (SSSR count). The third-order valence-electron chi connectivity index (χ3n) is 4.36. The van der Waals surface area contributed by atoms with Crippen molar-refractivity contribution in [2.45, 2.75) is 33.7 Å². The predicted molar refractivity (Wildman–Crippen MR) is 119 cm³/mol. The number of nitrogens with zero attached hydrogens (tertiary/aromatic N) is 4. The van der Waals surface area contributed by atoms with Crippen molar-refractivity contribution >= 4 is 22.5 Å². The molecule has 0 aliphatic heterocycles. The summed E-state index contributed by atoms with van der Waals surface area (Å²) in [4.78, 5) is 17.2. The molecule has 0 aliphatic carbocycles. The first kappa shape index (κ1) is 20.2. The first-order valence-corrected chi connectivity index (χ1v) is 9.79. The van der Waals surface area contributed by atoms with Crippen LogP contribution >= 0.6 is 0 Å². The maximum absolute atomic E-state index is 12.6. The zero-order chi connectivity index (χ0) is 20.8. The molecule has 29 heavy (non-hydrogen) atoms. The molecule has 0 aliphatic rings. The monoisotopic (exact) mass is 389 g/mol. The van der Waals surface area contributed by atoms with Crippen molar-refractivity contribution < 1.29 is 6.22 Å². The number of amides is 1. The zero-order valence-corrected chi connectivity index (χ0v) is 17.1. The summed E-state index contributed by atoms with van der Waals surface area (Å²) in [6.07, 6.45) is 1.68. The summed E-state index contributed by atoms with van der Waals surface area (Å²) >= 11 is 0. The van der Waals surface area contributed by atoms with Gasteiger partial charge in [-0.15, -0.1) is 10.2 Å². The van der Waals surface area contributed by atoms with Crippen LogP contribution in [0.15, 0.2) is 67.0 Å². The van der Waals surface area contributed by atoms with E-state index in [-0.39, 0.29) is 13.4 Å². The van der Waals surface area contributed by atoms with E-state index in [1.807, 2.05) is 73.0 Å². The highest BCUT2D eigenvalue weighted by Crippen LogP contribution is 2.21. The molecule has 0 spiro atoms. The number of hydrogen-bond acceptors (Lipinski definition) is 4. The molecule has 6 nitrogen and oxygen atoms in total. The molecule has 0 bridgehead atoms. The molecular formula is C23H27N5O. The number of carbonyl (C=O) groups excluding carboxylic acids is 1. The highest BCUT2D eigenvalue weighted by atomic mass is 16.1. The van der Waals surface area contributed by atoms with Crippen molar-refractivity contribution in [1.29, 1.82) is 0 Å². The van der Waals surface area contributed by atoms with Crippen LogP contribution in [0, 0.1) is 0 Å². The SMILES string of the molecule is CC.CC(C)n1cnnc1-c1cccc(NC(=O)c2ccc3ccccc3c2)n1.[HH]. The fourth-order valence-corrected chi connectivity index (χ4v) is 2.95. The zero-order valence-electron chi connectivity index (χ0n) is 17.1. The lowest BCUT2D eigenvalue weighted by Crippen LogP contribution is -2.13. The van der Waals surface area contributed by atoms with E-state index in [0.29, 0.717) is 22.9 Å². The van der Waals surface area contributed by atoms with Crippen LogP contribution in [0.2, 0.25) is 0 Å². The second-order valence-electron chi connectivity index (χ2n) is 6.58. The van der Waals surface area contributed by atoms with E-state index in [1.165, 1.54) is 0 Å². The van der Waals surface area contributed by atoms with Gasteiger partial charge < -0.3 is 9.88 Å². The molecule has 4 aromatic rings. The van der Waals surface area contributed by atoms with Gasteiger partial charge in [-0.05, 0) is 48.9 Å². The number of nitrogens with one attached hydrogen (secondary N) is 1. The summed E-state index contributed by atoms with van der Waals surface area (Å²) in [5.41, 5.74) is 1.25. The Labute approximate surface area is 172 Å². The lowest BCUT2D eigenvalue weighted by Gasteiger charge is -2.11. The molecule has 2 aromatic carbocycles. The van der Waals surface area contributed by atoms with Gasteiger partial charge in [0.15, 0.2) is 5.82 Å². The first-order chi connectivity index (χ1) is 14.1. The third-order valence-corrected chi connectivity index (χ3v) is 4.36. The van der Waals surface area contributed by atoms with Gasteiger partial charge in [0.2, 0.25) is 0 Å². The first-order valence-electron chi connectivity index (χ1n) is 9.79. The van der Waals surface area contributed by atoms with Crippen molar-refractivity contribution in [3.05, 3.63) is 72.6 Å². The molecule has 0 fully saturated rings. The van der Waals surface area contributed by atoms with Crippen LogP contribution in [0.3, 0.4) is 0 Å². The highest BCUT2D eigenvalue weighted by Gasteiger charge is 2.13. The Morgan fingerprint density at radius 3 is 2.52 bits per heavy atom. The topological polar surface area (TPSA) is 72.7 Å². The number of aromatic nitrogens is 4. The quantitative estimate of drug-likeness (QED) is 0.493. The predicted octanol–water partition coefficient (Wildman–Crippen LogP) is 5.60. The fourth-order valence-electron chi connectivity index (χ4n) is 2.95. The van der Waals surface area contributed by atoms with Crippen molar-refractivity contribution in [3.63, 3.8) is 0 Å². The molecule has 0 unspecified atom stereocenters. The minimum atomic E-state index is -0.198. The van der Waals surface area contributed by atoms with Gasteiger partial charge in [0.05, 0.1) is 0 Å². The summed E-state index contributed by atoms with van der Waals surface area (Å²) < 4.78 is 1.94. The van der Waals surface area contributed by atoms with E-state index >= 15 is 0 Å². The van der Waals surface area contributed by atoms with Crippen molar-refractivity contribution in [2.24, 2.45) is 0 Å². The summed E-state index contributed by atoms with van der Waals surface area (Å²) in [5.74, 6) is 0.950. The van der Waals surface area contributed by atoms with E-state index in [4.69, 9.17) is 0 Å². The largest absolute Gasteiger partial charge is 0.310 e. The molecule has 6 heteroatoms. The van der Waals surface area contributed by atoms with Crippen LogP contribution in [0.5, 0.6) is 0 Å². The normalized spacial score (nSPS) is 10.5. The number of carbonyl (C=O) groups is 1. The molecule has 150 valence electrons. The van der Waals surface area contributed by atoms with Crippen molar-refractivity contribution in [2.75, 3.05) is 5.32 Å². The second-order valence-corrected chi connectivity index (χ2v) is 6.58. The Kier molecular flexibility index (Phi) is 6.34. The van der Waals surface area contributed by atoms with E-state index in [0.717, 1.165) is 10.8 Å². The van der Waals surface area contributed by atoms with Crippen molar-refractivity contribution in [3.8, 4) is 11.5 Å². The number of anilines is 1. The second kappa shape index (κ2) is 9.10. The van der Waals surface area contributed by atoms with Crippen molar-refractivity contribution in [1.82, 2.24) is 19.7 Å². The number of hydrogen-bond donors (Lipinski definition) is 1. The van der Waals surface area contributed by atoms with Crippen LogP contribution in [-0.4, -0.2) is 25.7 Å². The van der Waals surface area contributed by atoms with Gasteiger partial charge in [-0.25, -0.2) is 4.98 Å². The molecule has 2 aromatic heterocycles. The molecular weight excluding hydrogens is 362 g/mol. The van der Waals surface area contributed by atoms with Gasteiger partial charge >= 0.3 is 0 Å². The van der Waals surface area contributed by atoms with Crippen LogP contribution < -0.4 is 5.32 Å². The maximum Gasteiger partial charge on any atom is 0.256 e. The van der Waals surface area contributed by atoms with Crippen LogP contribution in [0.4, 0.5) is 5.82 Å². The number of fused-ring (bicyclic) bond motifs is 1. The van der Waals surface area contributed by atoms with Crippen LogP contribution in [0.1, 0.15) is 45.5 Å². The summed E-state index contributed by atoms with van der Waals surface area (Å²) in [6, 6.07) is 19.3. The molecule has 0 saturated carbocycles. The number of pyridine rings is 1. The molecule has 2 heterocycles. The summed E-state index contributed by atoms with van der Waals surface area (Å²) in [6.45, 7) is 8.11. The molecule has 0 saturated heterocycles. The lowest BCUT2D eigenvalue weighted by atomic mass is 10.1. The van der Waals surface area contributed by atoms with Gasteiger partial charge in [-0.1, -0.05) is 50.2 Å². The smallest absolute Gasteiger partial charge is 0.256 e. The fraction of sp³-hybridized carbons (Fsp3) is 0.217. The molecule has 0 atom stereocenters. The Morgan fingerprint density at radius 1 is 1.00 bits per heavy atom. The third kappa shape index (κ3) is 4.48. The van der Waals surface area contributed by atoms with Gasteiger partial charge in [0.1, 0.15) is 17.8 Å². The molecule has 1 amide bonds. The Bertz CT molecular complexity index is 1120. The summed E-state index contributed by atoms with van der Waals surface area (Å²) in [7, 11) is 0. The minimum Gasteiger partial charge on any atom is -0.310 e.